The minimum Gasteiger partial charge on any atom is -0.497 e. The van der Waals surface area contributed by atoms with Gasteiger partial charge < -0.3 is 14.8 Å². The first-order valence-corrected chi connectivity index (χ1v) is 7.65. The fourth-order valence-electron chi connectivity index (χ4n) is 1.56. The van der Waals surface area contributed by atoms with Gasteiger partial charge in [0.15, 0.2) is 0 Å². The molecule has 0 bridgehead atoms. The van der Waals surface area contributed by atoms with Crippen LogP contribution in [0.2, 0.25) is 0 Å². The number of methoxy groups -OCH3 is 1. The highest BCUT2D eigenvalue weighted by Crippen LogP contribution is 2.16. The van der Waals surface area contributed by atoms with Gasteiger partial charge in [-0.1, -0.05) is 0 Å². The standard InChI is InChI=1S/C13H21NO3S/c1-11(10-18(3)15)14-8-9-17-13-6-4-12(16-2)5-7-13/h4-7,11,14H,8-10H2,1-3H3. The van der Waals surface area contributed by atoms with Crippen LogP contribution < -0.4 is 14.8 Å². The van der Waals surface area contributed by atoms with Crippen LogP contribution >= 0.6 is 0 Å². The summed E-state index contributed by atoms with van der Waals surface area (Å²) < 4.78 is 21.6. The lowest BCUT2D eigenvalue weighted by molar-refractivity contribution is 0.308. The molecule has 0 fully saturated rings. The van der Waals surface area contributed by atoms with Crippen molar-refractivity contribution in [2.75, 3.05) is 32.3 Å². The summed E-state index contributed by atoms with van der Waals surface area (Å²) in [4.78, 5) is 0. The Kier molecular flexibility index (Phi) is 6.75. The van der Waals surface area contributed by atoms with Gasteiger partial charge in [-0.15, -0.1) is 0 Å². The Morgan fingerprint density at radius 1 is 1.28 bits per heavy atom. The van der Waals surface area contributed by atoms with E-state index in [0.29, 0.717) is 12.4 Å². The topological polar surface area (TPSA) is 47.6 Å². The lowest BCUT2D eigenvalue weighted by atomic mass is 10.3. The summed E-state index contributed by atoms with van der Waals surface area (Å²) in [5.41, 5.74) is 0. The molecule has 0 saturated carbocycles. The third-order valence-electron chi connectivity index (χ3n) is 2.41. The van der Waals surface area contributed by atoms with E-state index in [0.717, 1.165) is 18.0 Å². The second-order valence-electron chi connectivity index (χ2n) is 4.12. The minimum absolute atomic E-state index is 0.246. The third-order valence-corrected chi connectivity index (χ3v) is 3.38. The predicted octanol–water partition coefficient (Wildman–Crippen LogP) is 1.43. The quantitative estimate of drug-likeness (QED) is 0.727. The lowest BCUT2D eigenvalue weighted by Crippen LogP contribution is -2.34. The summed E-state index contributed by atoms with van der Waals surface area (Å²) in [7, 11) is 0.880. The molecule has 1 N–H and O–H groups in total. The number of hydrogen-bond donors (Lipinski definition) is 1. The van der Waals surface area contributed by atoms with Gasteiger partial charge in [0.25, 0.3) is 0 Å². The molecule has 0 spiro atoms. The first-order chi connectivity index (χ1) is 8.61. The summed E-state index contributed by atoms with van der Waals surface area (Å²) in [6, 6.07) is 7.74. The van der Waals surface area contributed by atoms with Gasteiger partial charge in [0, 0.05) is 35.4 Å². The largest absolute Gasteiger partial charge is 0.497 e. The highest BCUT2D eigenvalue weighted by Gasteiger charge is 2.03. The number of benzene rings is 1. The number of nitrogens with one attached hydrogen (secondary N) is 1. The Labute approximate surface area is 111 Å². The maximum atomic E-state index is 11.0. The van der Waals surface area contributed by atoms with E-state index in [1.54, 1.807) is 13.4 Å². The summed E-state index contributed by atoms with van der Waals surface area (Å²) in [6.07, 6.45) is 1.71. The lowest BCUT2D eigenvalue weighted by Gasteiger charge is -2.13. The van der Waals surface area contributed by atoms with Crippen LogP contribution in [-0.4, -0.2) is 42.5 Å². The van der Waals surface area contributed by atoms with Gasteiger partial charge in [-0.2, -0.15) is 0 Å². The predicted molar refractivity (Wildman–Crippen MR) is 74.9 cm³/mol. The molecule has 0 aliphatic heterocycles. The van der Waals surface area contributed by atoms with Gasteiger partial charge in [-0.3, -0.25) is 4.21 Å². The van der Waals surface area contributed by atoms with Crippen molar-refractivity contribution in [3.8, 4) is 11.5 Å². The maximum Gasteiger partial charge on any atom is 0.119 e. The molecule has 0 aliphatic carbocycles. The molecule has 0 heterocycles. The molecular formula is C13H21NO3S. The average molecular weight is 271 g/mol. The molecule has 18 heavy (non-hydrogen) atoms. The number of ether oxygens (including phenoxy) is 2. The molecule has 1 rings (SSSR count). The molecular weight excluding hydrogens is 250 g/mol. The molecule has 5 heteroatoms. The van der Waals surface area contributed by atoms with E-state index >= 15 is 0 Å². The van der Waals surface area contributed by atoms with Crippen LogP contribution in [0, 0.1) is 0 Å². The zero-order chi connectivity index (χ0) is 13.4. The van der Waals surface area contributed by atoms with Crippen LogP contribution in [0.4, 0.5) is 0 Å². The molecule has 0 amide bonds. The van der Waals surface area contributed by atoms with Gasteiger partial charge in [0.1, 0.15) is 18.1 Å². The second-order valence-corrected chi connectivity index (χ2v) is 5.60. The van der Waals surface area contributed by atoms with Crippen molar-refractivity contribution in [3.05, 3.63) is 24.3 Å². The molecule has 1 aromatic rings. The molecule has 4 nitrogen and oxygen atoms in total. The Morgan fingerprint density at radius 2 is 1.89 bits per heavy atom. The zero-order valence-electron chi connectivity index (χ0n) is 11.1. The van der Waals surface area contributed by atoms with E-state index in [1.807, 2.05) is 31.2 Å². The van der Waals surface area contributed by atoms with Gasteiger partial charge in [-0.05, 0) is 31.2 Å². The number of hydrogen-bond acceptors (Lipinski definition) is 4. The molecule has 0 aliphatic rings. The molecule has 0 aromatic heterocycles. The van der Waals surface area contributed by atoms with Crippen LogP contribution in [-0.2, 0) is 10.8 Å². The Morgan fingerprint density at radius 3 is 2.44 bits per heavy atom. The second kappa shape index (κ2) is 8.11. The monoisotopic (exact) mass is 271 g/mol. The fraction of sp³-hybridized carbons (Fsp3) is 0.538. The maximum absolute atomic E-state index is 11.0. The highest BCUT2D eigenvalue weighted by atomic mass is 32.2. The summed E-state index contributed by atoms with van der Waals surface area (Å²) in [5, 5.41) is 3.26. The van der Waals surface area contributed by atoms with E-state index < -0.39 is 10.8 Å². The third kappa shape index (κ3) is 6.02. The first-order valence-electron chi connectivity index (χ1n) is 5.92. The van der Waals surface area contributed by atoms with Crippen LogP contribution in [0.15, 0.2) is 24.3 Å². The van der Waals surface area contributed by atoms with Crippen molar-refractivity contribution in [3.63, 3.8) is 0 Å². The fourth-order valence-corrected chi connectivity index (χ4v) is 2.38. The van der Waals surface area contributed by atoms with Crippen molar-refractivity contribution < 1.29 is 13.7 Å². The molecule has 2 atom stereocenters. The van der Waals surface area contributed by atoms with Crippen molar-refractivity contribution >= 4 is 10.8 Å². The molecule has 2 unspecified atom stereocenters. The molecule has 0 saturated heterocycles. The SMILES string of the molecule is COc1ccc(OCCNC(C)CS(C)=O)cc1. The van der Waals surface area contributed by atoms with Crippen LogP contribution in [0.5, 0.6) is 11.5 Å². The molecule has 0 radical (unpaired) electrons. The minimum atomic E-state index is -0.758. The highest BCUT2D eigenvalue weighted by molar-refractivity contribution is 7.84. The average Bonchev–Trinajstić information content (AvgIpc) is 2.34. The number of rotatable bonds is 8. The van der Waals surface area contributed by atoms with Crippen LogP contribution in [0.25, 0.3) is 0 Å². The summed E-state index contributed by atoms with van der Waals surface area (Å²) in [5.74, 6) is 2.31. The van der Waals surface area contributed by atoms with Gasteiger partial charge in [0.2, 0.25) is 0 Å². The normalized spacial score (nSPS) is 13.9. The van der Waals surface area contributed by atoms with Crippen molar-refractivity contribution in [2.45, 2.75) is 13.0 Å². The van der Waals surface area contributed by atoms with Crippen molar-refractivity contribution in [1.29, 1.82) is 0 Å². The van der Waals surface area contributed by atoms with Crippen LogP contribution in [0.1, 0.15) is 6.92 Å². The van der Waals surface area contributed by atoms with Crippen molar-refractivity contribution in [2.24, 2.45) is 0 Å². The van der Waals surface area contributed by atoms with E-state index in [9.17, 15) is 4.21 Å². The van der Waals surface area contributed by atoms with Gasteiger partial charge >= 0.3 is 0 Å². The Bertz CT molecular complexity index is 367. The molecule has 1 aromatic carbocycles. The summed E-state index contributed by atoms with van der Waals surface area (Å²) >= 11 is 0. The Hall–Kier alpha value is -1.07. The van der Waals surface area contributed by atoms with E-state index in [4.69, 9.17) is 9.47 Å². The Balaban J connectivity index is 2.19. The smallest absolute Gasteiger partial charge is 0.119 e. The summed E-state index contributed by atoms with van der Waals surface area (Å²) in [6.45, 7) is 3.35. The van der Waals surface area contributed by atoms with E-state index in [-0.39, 0.29) is 6.04 Å². The zero-order valence-corrected chi connectivity index (χ0v) is 12.0. The van der Waals surface area contributed by atoms with Gasteiger partial charge in [-0.25, -0.2) is 0 Å². The van der Waals surface area contributed by atoms with E-state index in [1.165, 1.54) is 0 Å². The van der Waals surface area contributed by atoms with E-state index in [2.05, 4.69) is 5.32 Å². The molecule has 102 valence electrons. The van der Waals surface area contributed by atoms with Crippen LogP contribution in [0.3, 0.4) is 0 Å². The first kappa shape index (κ1) is 15.0. The van der Waals surface area contributed by atoms with Gasteiger partial charge in [0.05, 0.1) is 7.11 Å². The van der Waals surface area contributed by atoms with Crippen molar-refractivity contribution in [1.82, 2.24) is 5.32 Å².